The molecule has 54 heavy (non-hydrogen) atoms. The van der Waals surface area contributed by atoms with Gasteiger partial charge in [-0.1, -0.05) is 57.5 Å². The van der Waals surface area contributed by atoms with Crippen LogP contribution in [-0.4, -0.2) is 92.3 Å². The second-order valence-electron chi connectivity index (χ2n) is 14.7. The molecule has 0 unspecified atom stereocenters. The molecule has 4 atom stereocenters. The topological polar surface area (TPSA) is 180 Å². The molecule has 288 valence electrons. The third kappa shape index (κ3) is 9.44. The molecule has 15 heteroatoms. The van der Waals surface area contributed by atoms with Gasteiger partial charge in [0.05, 0.1) is 23.7 Å². The first kappa shape index (κ1) is 39.9. The minimum atomic E-state index is -1.09. The fourth-order valence-corrected chi connectivity index (χ4v) is 7.08. The molecular formula is C39H47F2N7O6. The van der Waals surface area contributed by atoms with E-state index in [9.17, 15) is 33.5 Å². The van der Waals surface area contributed by atoms with Crippen molar-refractivity contribution in [2.45, 2.75) is 71.1 Å². The van der Waals surface area contributed by atoms with Gasteiger partial charge in [-0.25, -0.2) is 13.8 Å². The van der Waals surface area contributed by atoms with Gasteiger partial charge in [0.25, 0.3) is 11.8 Å². The first-order chi connectivity index (χ1) is 25.7. The monoisotopic (exact) mass is 747 g/mol. The minimum absolute atomic E-state index is 0.00948. The standard InChI is InChI=1S/C39H47F2N7O6/c1-39(2,3)35(36-44-31(27-20-25(40)12-13-28(27)41)22-46(36)21-24-8-5-4-6-9-24)48(34(52)23-49)18-16-29(42)38(54)45-30-11-7-10-26(30)37(53)43-17-19-47-32(50)14-15-33(47)51/h4-6,8-9,12-15,20,22,26,29-30,35,49H,7,10-11,16-19,21,23,42H2,1-3H3,(H,43,53)(H,45,54)/t26-,29-,30+,35-/m0/s1. The molecule has 1 aromatic heterocycles. The second kappa shape index (κ2) is 17.2. The number of nitrogens with two attached hydrogens (primary N) is 1. The highest BCUT2D eigenvalue weighted by Crippen LogP contribution is 2.39. The van der Waals surface area contributed by atoms with Gasteiger partial charge in [-0.2, -0.15) is 0 Å². The average molecular weight is 748 g/mol. The van der Waals surface area contributed by atoms with Crippen molar-refractivity contribution in [2.75, 3.05) is 26.2 Å². The number of carbonyl (C=O) groups is 5. The van der Waals surface area contributed by atoms with Crippen LogP contribution in [0.5, 0.6) is 0 Å². The normalized spacial score (nSPS) is 18.2. The Balaban J connectivity index is 1.32. The first-order valence-corrected chi connectivity index (χ1v) is 18.0. The molecule has 1 fully saturated rings. The van der Waals surface area contributed by atoms with E-state index in [-0.39, 0.29) is 49.8 Å². The summed E-state index contributed by atoms with van der Waals surface area (Å²) in [5, 5.41) is 15.8. The lowest BCUT2D eigenvalue weighted by Crippen LogP contribution is -2.51. The summed E-state index contributed by atoms with van der Waals surface area (Å²) in [6.45, 7) is 5.14. The lowest BCUT2D eigenvalue weighted by Gasteiger charge is -2.40. The van der Waals surface area contributed by atoms with Crippen LogP contribution in [-0.2, 0) is 30.5 Å². The largest absolute Gasteiger partial charge is 0.387 e. The van der Waals surface area contributed by atoms with Crippen LogP contribution in [0.15, 0.2) is 66.9 Å². The summed E-state index contributed by atoms with van der Waals surface area (Å²) in [4.78, 5) is 70.8. The van der Waals surface area contributed by atoms with E-state index in [0.29, 0.717) is 25.1 Å². The molecule has 1 aliphatic carbocycles. The maximum Gasteiger partial charge on any atom is 0.253 e. The number of imide groups is 1. The Morgan fingerprint density at radius 2 is 1.76 bits per heavy atom. The number of imidazole rings is 1. The van der Waals surface area contributed by atoms with Gasteiger partial charge in [0, 0.05) is 56.1 Å². The second-order valence-corrected chi connectivity index (χ2v) is 14.7. The summed E-state index contributed by atoms with van der Waals surface area (Å²) >= 11 is 0. The minimum Gasteiger partial charge on any atom is -0.387 e. The zero-order valence-corrected chi connectivity index (χ0v) is 30.6. The van der Waals surface area contributed by atoms with Crippen LogP contribution in [0, 0.1) is 23.0 Å². The van der Waals surface area contributed by atoms with E-state index >= 15 is 4.39 Å². The van der Waals surface area contributed by atoms with Crippen molar-refractivity contribution in [3.8, 4) is 11.3 Å². The molecule has 5 rings (SSSR count). The number of hydrogen-bond acceptors (Lipinski definition) is 8. The summed E-state index contributed by atoms with van der Waals surface area (Å²) < 4.78 is 31.1. The number of carbonyl (C=O) groups excluding carboxylic acids is 5. The molecule has 3 aromatic rings. The van der Waals surface area contributed by atoms with E-state index in [4.69, 9.17) is 10.7 Å². The molecule has 0 saturated heterocycles. The highest BCUT2D eigenvalue weighted by atomic mass is 19.1. The molecule has 5 N–H and O–H groups in total. The van der Waals surface area contributed by atoms with Gasteiger partial charge >= 0.3 is 0 Å². The third-order valence-electron chi connectivity index (χ3n) is 9.77. The van der Waals surface area contributed by atoms with Crippen LogP contribution < -0.4 is 16.4 Å². The Morgan fingerprint density at radius 3 is 2.43 bits per heavy atom. The Morgan fingerprint density at radius 1 is 1.06 bits per heavy atom. The van der Waals surface area contributed by atoms with Gasteiger partial charge in [0.15, 0.2) is 0 Å². The number of amides is 5. The Hall–Kier alpha value is -5.28. The molecule has 2 aliphatic rings. The summed E-state index contributed by atoms with van der Waals surface area (Å²) in [7, 11) is 0. The first-order valence-electron chi connectivity index (χ1n) is 18.0. The number of hydrogen-bond donors (Lipinski definition) is 4. The SMILES string of the molecule is CC(C)(C)[C@H](c1nc(-c2cc(F)ccc2F)cn1Cc1ccccc1)N(CC[C@H](N)C(=O)N[C@@H]1CCC[C@@H]1C(=O)NCCN1C(=O)C=CC1=O)C(=O)CO. The van der Waals surface area contributed by atoms with E-state index in [0.717, 1.165) is 28.7 Å². The van der Waals surface area contributed by atoms with Crippen molar-refractivity contribution in [3.63, 3.8) is 0 Å². The Labute approximate surface area is 312 Å². The number of nitrogens with zero attached hydrogens (tertiary/aromatic N) is 4. The van der Waals surface area contributed by atoms with E-state index in [1.165, 1.54) is 17.1 Å². The zero-order chi connectivity index (χ0) is 39.2. The number of rotatable bonds is 15. The maximum absolute atomic E-state index is 15.0. The number of halogens is 2. The van der Waals surface area contributed by atoms with Crippen LogP contribution >= 0.6 is 0 Å². The fraction of sp³-hybridized carbons (Fsp3) is 0.436. The molecule has 5 amide bonds. The highest BCUT2D eigenvalue weighted by Gasteiger charge is 2.39. The molecular weight excluding hydrogens is 700 g/mol. The quantitative estimate of drug-likeness (QED) is 0.172. The van der Waals surface area contributed by atoms with E-state index in [1.54, 1.807) is 10.8 Å². The van der Waals surface area contributed by atoms with E-state index in [1.807, 2.05) is 51.1 Å². The third-order valence-corrected chi connectivity index (χ3v) is 9.77. The number of nitrogens with one attached hydrogen (secondary N) is 2. The highest BCUT2D eigenvalue weighted by molar-refractivity contribution is 6.12. The summed E-state index contributed by atoms with van der Waals surface area (Å²) in [6, 6.07) is 10.1. The summed E-state index contributed by atoms with van der Waals surface area (Å²) in [5.41, 5.74) is 6.66. The average Bonchev–Trinajstić information content (AvgIpc) is 3.85. The van der Waals surface area contributed by atoms with Crippen molar-refractivity contribution in [2.24, 2.45) is 17.1 Å². The number of benzene rings is 2. The van der Waals surface area contributed by atoms with Crippen molar-refractivity contribution >= 4 is 29.5 Å². The van der Waals surface area contributed by atoms with Crippen molar-refractivity contribution in [3.05, 3.63) is 89.9 Å². The van der Waals surface area contributed by atoms with Crippen molar-refractivity contribution < 1.29 is 37.9 Å². The number of aliphatic hydroxyl groups is 1. The fourth-order valence-electron chi connectivity index (χ4n) is 7.08. The molecule has 1 saturated carbocycles. The van der Waals surface area contributed by atoms with Gasteiger partial charge < -0.3 is 30.9 Å². The van der Waals surface area contributed by atoms with Gasteiger partial charge in [-0.3, -0.25) is 28.9 Å². The van der Waals surface area contributed by atoms with Crippen LogP contribution in [0.4, 0.5) is 8.78 Å². The van der Waals surface area contributed by atoms with Gasteiger partial charge in [0.1, 0.15) is 24.1 Å². The molecule has 2 heterocycles. The number of aliphatic hydroxyl groups excluding tert-OH is 1. The van der Waals surface area contributed by atoms with Gasteiger partial charge in [-0.15, -0.1) is 0 Å². The van der Waals surface area contributed by atoms with Crippen LogP contribution in [0.25, 0.3) is 11.3 Å². The van der Waals surface area contributed by atoms with Gasteiger partial charge in [-0.05, 0) is 48.4 Å². The van der Waals surface area contributed by atoms with Crippen LogP contribution in [0.1, 0.15) is 63.9 Å². The molecule has 2 aromatic carbocycles. The van der Waals surface area contributed by atoms with Crippen LogP contribution in [0.3, 0.4) is 0 Å². The Kier molecular flexibility index (Phi) is 12.7. The molecule has 1 aliphatic heterocycles. The predicted molar refractivity (Wildman–Crippen MR) is 195 cm³/mol. The smallest absolute Gasteiger partial charge is 0.253 e. The summed E-state index contributed by atoms with van der Waals surface area (Å²) in [5.74, 6) is -3.84. The van der Waals surface area contributed by atoms with E-state index in [2.05, 4.69) is 10.6 Å². The zero-order valence-electron chi connectivity index (χ0n) is 30.6. The molecule has 0 bridgehead atoms. The predicted octanol–water partition coefficient (Wildman–Crippen LogP) is 2.83. The lowest BCUT2D eigenvalue weighted by molar-refractivity contribution is -0.140. The summed E-state index contributed by atoms with van der Waals surface area (Å²) in [6.07, 6.45) is 5.70. The molecule has 13 nitrogen and oxygen atoms in total. The van der Waals surface area contributed by atoms with Gasteiger partial charge in [0.2, 0.25) is 17.7 Å². The van der Waals surface area contributed by atoms with Crippen molar-refractivity contribution in [1.29, 1.82) is 0 Å². The molecule has 0 spiro atoms. The molecule has 0 radical (unpaired) electrons. The Bertz CT molecular complexity index is 1880. The van der Waals surface area contributed by atoms with Crippen LogP contribution in [0.2, 0.25) is 0 Å². The lowest BCUT2D eigenvalue weighted by atomic mass is 9.84. The maximum atomic E-state index is 15.0. The van der Waals surface area contributed by atoms with Crippen molar-refractivity contribution in [1.82, 2.24) is 30.0 Å². The van der Waals surface area contributed by atoms with E-state index < -0.39 is 71.3 Å². The number of aromatic nitrogens is 2.